The van der Waals surface area contributed by atoms with Crippen molar-refractivity contribution >= 4 is 0 Å². The smallest absolute Gasteiger partial charge is 0.200 e. The summed E-state index contributed by atoms with van der Waals surface area (Å²) in [5, 5.41) is 0. The summed E-state index contributed by atoms with van der Waals surface area (Å²) in [5.41, 5.74) is 0.450. The molecule has 0 saturated heterocycles. The van der Waals surface area contributed by atoms with Crippen molar-refractivity contribution in [3.63, 3.8) is 0 Å². The van der Waals surface area contributed by atoms with E-state index in [-0.39, 0.29) is 11.6 Å². The van der Waals surface area contributed by atoms with Crippen LogP contribution in [0.4, 0.5) is 13.2 Å². The second-order valence-electron chi connectivity index (χ2n) is 10.0. The highest BCUT2D eigenvalue weighted by Gasteiger charge is 2.31. The SMILES string of the molecule is CCCCCc1ccc(OCC2CCC(C3CCC(C=C(F)CC)CC3)CC2)c(F)c1F. The Labute approximate surface area is 192 Å². The third-order valence-corrected chi connectivity index (χ3v) is 7.78. The van der Waals surface area contributed by atoms with E-state index in [1.165, 1.54) is 25.7 Å². The first kappa shape index (κ1) is 25.2. The molecular weight excluding hydrogens is 409 g/mol. The summed E-state index contributed by atoms with van der Waals surface area (Å²) >= 11 is 0. The summed E-state index contributed by atoms with van der Waals surface area (Å²) in [7, 11) is 0. The number of allylic oxidation sites excluding steroid dienone is 2. The topological polar surface area (TPSA) is 9.23 Å². The molecule has 0 unspecified atom stereocenters. The first-order valence-electron chi connectivity index (χ1n) is 13.0. The monoisotopic (exact) mass is 450 g/mol. The lowest BCUT2D eigenvalue weighted by atomic mass is 9.69. The van der Waals surface area contributed by atoms with Crippen LogP contribution in [0.3, 0.4) is 0 Å². The zero-order chi connectivity index (χ0) is 22.9. The average Bonchev–Trinajstić information content (AvgIpc) is 2.82. The largest absolute Gasteiger partial charge is 0.490 e. The number of hydrogen-bond acceptors (Lipinski definition) is 1. The summed E-state index contributed by atoms with van der Waals surface area (Å²) in [6, 6.07) is 3.28. The van der Waals surface area contributed by atoms with Gasteiger partial charge in [-0.15, -0.1) is 0 Å². The Kier molecular flexibility index (Phi) is 9.99. The van der Waals surface area contributed by atoms with Crippen LogP contribution in [0.5, 0.6) is 5.75 Å². The number of halogens is 3. The third kappa shape index (κ3) is 7.02. The number of aryl methyl sites for hydroxylation is 1. The van der Waals surface area contributed by atoms with Crippen molar-refractivity contribution in [2.45, 2.75) is 97.3 Å². The molecule has 2 fully saturated rings. The molecule has 4 heteroatoms. The van der Waals surface area contributed by atoms with Crippen LogP contribution >= 0.6 is 0 Å². The highest BCUT2D eigenvalue weighted by Crippen LogP contribution is 2.42. The van der Waals surface area contributed by atoms with E-state index < -0.39 is 11.6 Å². The van der Waals surface area contributed by atoms with E-state index in [2.05, 4.69) is 6.92 Å². The molecule has 1 nitrogen and oxygen atoms in total. The number of hydrogen-bond donors (Lipinski definition) is 0. The second kappa shape index (κ2) is 12.7. The summed E-state index contributed by atoms with van der Waals surface area (Å²) < 4.78 is 48.1. The molecule has 2 saturated carbocycles. The van der Waals surface area contributed by atoms with Crippen LogP contribution in [0.2, 0.25) is 0 Å². The molecule has 0 atom stereocenters. The molecule has 2 aliphatic rings. The van der Waals surface area contributed by atoms with Crippen molar-refractivity contribution in [2.75, 3.05) is 6.61 Å². The molecule has 0 aliphatic heterocycles. The van der Waals surface area contributed by atoms with Crippen molar-refractivity contribution in [2.24, 2.45) is 23.7 Å². The van der Waals surface area contributed by atoms with Gasteiger partial charge in [0.05, 0.1) is 12.4 Å². The fourth-order valence-corrected chi connectivity index (χ4v) is 5.63. The molecule has 2 aliphatic carbocycles. The standard InChI is InChI=1S/C28H41F3O/c1-3-5-6-7-24-16-17-26(28(31)27(24)30)32-19-21-10-14-23(15-11-21)22-12-8-20(9-13-22)18-25(29)4-2/h16-18,20-23H,3-15,19H2,1-2H3. The summed E-state index contributed by atoms with van der Waals surface area (Å²) in [5.74, 6) is 0.859. The Balaban J connectivity index is 1.41. The zero-order valence-corrected chi connectivity index (χ0v) is 20.0. The van der Waals surface area contributed by atoms with Gasteiger partial charge >= 0.3 is 0 Å². The Morgan fingerprint density at radius 2 is 1.56 bits per heavy atom. The minimum atomic E-state index is -0.835. The normalized spacial score (nSPS) is 26.8. The molecule has 3 rings (SSSR count). The fraction of sp³-hybridized carbons (Fsp3) is 0.714. The molecule has 32 heavy (non-hydrogen) atoms. The van der Waals surface area contributed by atoms with Gasteiger partial charge in [-0.25, -0.2) is 8.78 Å². The molecule has 1 aromatic carbocycles. The first-order valence-corrected chi connectivity index (χ1v) is 13.0. The van der Waals surface area contributed by atoms with Crippen molar-refractivity contribution in [1.82, 2.24) is 0 Å². The van der Waals surface area contributed by atoms with Gasteiger partial charge < -0.3 is 4.74 Å². The highest BCUT2D eigenvalue weighted by atomic mass is 19.2. The van der Waals surface area contributed by atoms with Gasteiger partial charge in [-0.3, -0.25) is 0 Å². The summed E-state index contributed by atoms with van der Waals surface area (Å²) in [4.78, 5) is 0. The first-order chi connectivity index (χ1) is 15.5. The number of benzene rings is 1. The predicted molar refractivity (Wildman–Crippen MR) is 125 cm³/mol. The Morgan fingerprint density at radius 3 is 2.19 bits per heavy atom. The Bertz CT molecular complexity index is 728. The van der Waals surface area contributed by atoms with E-state index in [0.717, 1.165) is 56.8 Å². The van der Waals surface area contributed by atoms with Crippen molar-refractivity contribution in [3.8, 4) is 5.75 Å². The van der Waals surface area contributed by atoms with Crippen LogP contribution in [-0.4, -0.2) is 6.61 Å². The minimum absolute atomic E-state index is 0.0383. The molecule has 0 aromatic heterocycles. The van der Waals surface area contributed by atoms with Gasteiger partial charge in [0.1, 0.15) is 0 Å². The summed E-state index contributed by atoms with van der Waals surface area (Å²) in [6.07, 6.45) is 15.1. The zero-order valence-electron chi connectivity index (χ0n) is 20.0. The van der Waals surface area contributed by atoms with Gasteiger partial charge in [-0.05, 0) is 112 Å². The lowest BCUT2D eigenvalue weighted by Gasteiger charge is -2.37. The van der Waals surface area contributed by atoms with Gasteiger partial charge in [0, 0.05) is 0 Å². The minimum Gasteiger partial charge on any atom is -0.490 e. The predicted octanol–water partition coefficient (Wildman–Crippen LogP) is 8.95. The van der Waals surface area contributed by atoms with Gasteiger partial charge in [-0.1, -0.05) is 32.8 Å². The molecule has 0 spiro atoms. The van der Waals surface area contributed by atoms with Crippen LogP contribution < -0.4 is 4.74 Å². The van der Waals surface area contributed by atoms with Crippen molar-refractivity contribution in [3.05, 3.63) is 41.2 Å². The van der Waals surface area contributed by atoms with Crippen LogP contribution in [0, 0.1) is 35.3 Å². The molecule has 180 valence electrons. The van der Waals surface area contributed by atoms with E-state index in [9.17, 15) is 13.2 Å². The van der Waals surface area contributed by atoms with E-state index >= 15 is 0 Å². The number of rotatable bonds is 10. The van der Waals surface area contributed by atoms with Gasteiger partial charge in [0.2, 0.25) is 5.82 Å². The van der Waals surface area contributed by atoms with E-state index in [1.807, 2.05) is 13.0 Å². The van der Waals surface area contributed by atoms with Crippen LogP contribution in [0.1, 0.15) is 96.5 Å². The van der Waals surface area contributed by atoms with Gasteiger partial charge in [0.25, 0.3) is 0 Å². The lowest BCUT2D eigenvalue weighted by molar-refractivity contribution is 0.127. The van der Waals surface area contributed by atoms with Crippen LogP contribution in [0.15, 0.2) is 24.0 Å². The number of ether oxygens (including phenoxy) is 1. The van der Waals surface area contributed by atoms with E-state index in [4.69, 9.17) is 4.74 Å². The average molecular weight is 451 g/mol. The molecule has 1 aromatic rings. The molecule has 0 N–H and O–H groups in total. The van der Waals surface area contributed by atoms with Gasteiger partial charge in [-0.2, -0.15) is 4.39 Å². The molecule has 0 amide bonds. The van der Waals surface area contributed by atoms with Crippen molar-refractivity contribution < 1.29 is 17.9 Å². The number of unbranched alkanes of at least 4 members (excludes halogenated alkanes) is 2. The van der Waals surface area contributed by atoms with E-state index in [0.29, 0.717) is 36.8 Å². The Hall–Kier alpha value is -1.45. The Morgan fingerprint density at radius 1 is 0.906 bits per heavy atom. The molecular formula is C28H41F3O. The van der Waals surface area contributed by atoms with Crippen LogP contribution in [-0.2, 0) is 6.42 Å². The van der Waals surface area contributed by atoms with Gasteiger partial charge in [0.15, 0.2) is 11.6 Å². The maximum atomic E-state index is 14.4. The third-order valence-electron chi connectivity index (χ3n) is 7.78. The van der Waals surface area contributed by atoms with E-state index in [1.54, 1.807) is 12.1 Å². The van der Waals surface area contributed by atoms with Crippen molar-refractivity contribution in [1.29, 1.82) is 0 Å². The molecule has 0 radical (unpaired) electrons. The maximum Gasteiger partial charge on any atom is 0.200 e. The van der Waals surface area contributed by atoms with Crippen LogP contribution in [0.25, 0.3) is 0 Å². The highest BCUT2D eigenvalue weighted by molar-refractivity contribution is 5.31. The summed E-state index contributed by atoms with van der Waals surface area (Å²) in [6.45, 7) is 4.43. The molecule has 0 heterocycles. The fourth-order valence-electron chi connectivity index (χ4n) is 5.63. The second-order valence-corrected chi connectivity index (χ2v) is 10.0. The lowest BCUT2D eigenvalue weighted by Crippen LogP contribution is -2.27. The quantitative estimate of drug-likeness (QED) is 0.323. The maximum absolute atomic E-state index is 14.4. The molecule has 0 bridgehead atoms.